The van der Waals surface area contributed by atoms with Gasteiger partial charge >= 0.3 is 12.0 Å². The second-order valence-electron chi connectivity index (χ2n) is 10.1. The molecule has 2 aromatic carbocycles. The number of hydrogen-bond acceptors (Lipinski definition) is 5. The number of carbonyl (C=O) groups excluding carboxylic acids is 2. The molecule has 194 valence electrons. The Kier molecular flexibility index (Phi) is 8.50. The maximum Gasteiger partial charge on any atom is 0.319 e. The van der Waals surface area contributed by atoms with Crippen molar-refractivity contribution in [1.29, 1.82) is 5.26 Å². The summed E-state index contributed by atoms with van der Waals surface area (Å²) < 4.78 is 4.85. The SMILES string of the molecule is C=C(c1ccc(C)c(NC(=O)NC2CCC(C(=O)OC)CC2)c1)N1CCC(c2ccc(C#N)cc2)CC1. The number of amides is 2. The summed E-state index contributed by atoms with van der Waals surface area (Å²) in [6.45, 7) is 8.17. The number of piperidine rings is 1. The third kappa shape index (κ3) is 6.51. The third-order valence-electron chi connectivity index (χ3n) is 7.80. The van der Waals surface area contributed by atoms with Gasteiger partial charge in [0.2, 0.25) is 0 Å². The predicted octanol–water partition coefficient (Wildman–Crippen LogP) is 5.57. The fourth-order valence-electron chi connectivity index (χ4n) is 5.42. The van der Waals surface area contributed by atoms with Gasteiger partial charge in [0.15, 0.2) is 0 Å². The molecule has 0 aromatic heterocycles. The van der Waals surface area contributed by atoms with E-state index in [9.17, 15) is 9.59 Å². The number of rotatable bonds is 6. The van der Waals surface area contributed by atoms with Crippen LogP contribution in [0.25, 0.3) is 5.70 Å². The van der Waals surface area contributed by atoms with Gasteiger partial charge in [-0.3, -0.25) is 4.79 Å². The molecule has 2 amide bonds. The number of nitrogens with zero attached hydrogens (tertiary/aromatic N) is 2. The van der Waals surface area contributed by atoms with Crippen molar-refractivity contribution in [2.75, 3.05) is 25.5 Å². The highest BCUT2D eigenvalue weighted by molar-refractivity contribution is 5.91. The molecular formula is C30H36N4O3. The number of esters is 1. The molecule has 1 aliphatic carbocycles. The van der Waals surface area contributed by atoms with E-state index in [1.165, 1.54) is 12.7 Å². The summed E-state index contributed by atoms with van der Waals surface area (Å²) in [6, 6.07) is 16.0. The Morgan fingerprint density at radius 3 is 2.32 bits per heavy atom. The number of methoxy groups -OCH3 is 1. The molecule has 2 aliphatic rings. The van der Waals surface area contributed by atoms with Gasteiger partial charge in [-0.05, 0) is 86.3 Å². The number of hydrogen-bond donors (Lipinski definition) is 2. The van der Waals surface area contributed by atoms with Crippen molar-refractivity contribution in [2.24, 2.45) is 5.92 Å². The lowest BCUT2D eigenvalue weighted by atomic mass is 9.86. The van der Waals surface area contributed by atoms with E-state index in [1.54, 1.807) is 0 Å². The fourth-order valence-corrected chi connectivity index (χ4v) is 5.42. The van der Waals surface area contributed by atoms with Gasteiger partial charge in [0.25, 0.3) is 0 Å². The standard InChI is InChI=1S/C30H36N4O3/c1-20-4-7-26(18-28(20)33-30(36)32-27-12-10-25(11-13-27)29(35)37-3)21(2)34-16-14-24(15-17-34)23-8-5-22(19-31)6-9-23/h4-9,18,24-25,27H,2,10-17H2,1,3H3,(H2,32,33,36). The molecule has 0 spiro atoms. The summed E-state index contributed by atoms with van der Waals surface area (Å²) in [5.41, 5.74) is 5.69. The van der Waals surface area contributed by atoms with Crippen molar-refractivity contribution in [3.05, 3.63) is 71.3 Å². The van der Waals surface area contributed by atoms with Crippen LogP contribution in [0.4, 0.5) is 10.5 Å². The predicted molar refractivity (Wildman–Crippen MR) is 145 cm³/mol. The Hall–Kier alpha value is -3.79. The smallest absolute Gasteiger partial charge is 0.319 e. The van der Waals surface area contributed by atoms with Crippen molar-refractivity contribution in [3.8, 4) is 6.07 Å². The molecule has 1 aliphatic heterocycles. The first-order valence-corrected chi connectivity index (χ1v) is 13.1. The van der Waals surface area contributed by atoms with Crippen LogP contribution in [0.5, 0.6) is 0 Å². The molecule has 1 saturated carbocycles. The van der Waals surface area contributed by atoms with Gasteiger partial charge in [-0.25, -0.2) is 4.79 Å². The van der Waals surface area contributed by atoms with Crippen molar-refractivity contribution in [1.82, 2.24) is 10.2 Å². The largest absolute Gasteiger partial charge is 0.469 e. The molecule has 1 heterocycles. The average molecular weight is 501 g/mol. The lowest BCUT2D eigenvalue weighted by molar-refractivity contribution is -0.146. The highest BCUT2D eigenvalue weighted by Crippen LogP contribution is 2.32. The zero-order valence-electron chi connectivity index (χ0n) is 21.8. The Balaban J connectivity index is 1.31. The molecule has 2 N–H and O–H groups in total. The normalized spacial score (nSPS) is 20.0. The van der Waals surface area contributed by atoms with Gasteiger partial charge in [0.05, 0.1) is 24.7 Å². The monoisotopic (exact) mass is 500 g/mol. The number of carbonyl (C=O) groups is 2. The third-order valence-corrected chi connectivity index (χ3v) is 7.80. The first-order chi connectivity index (χ1) is 17.9. The van der Waals surface area contributed by atoms with Crippen molar-refractivity contribution in [3.63, 3.8) is 0 Å². The van der Waals surface area contributed by atoms with Gasteiger partial charge < -0.3 is 20.3 Å². The Morgan fingerprint density at radius 2 is 1.70 bits per heavy atom. The Bertz CT molecular complexity index is 1170. The molecule has 4 rings (SSSR count). The van der Waals surface area contributed by atoms with E-state index >= 15 is 0 Å². The topological polar surface area (TPSA) is 94.5 Å². The summed E-state index contributed by atoms with van der Waals surface area (Å²) in [6.07, 6.45) is 5.05. The molecule has 0 radical (unpaired) electrons. The van der Waals surface area contributed by atoms with E-state index in [0.717, 1.165) is 74.1 Å². The van der Waals surface area contributed by atoms with Crippen LogP contribution in [0.15, 0.2) is 49.0 Å². The molecule has 1 saturated heterocycles. The molecule has 2 fully saturated rings. The summed E-state index contributed by atoms with van der Waals surface area (Å²) in [7, 11) is 1.42. The van der Waals surface area contributed by atoms with Crippen LogP contribution in [-0.2, 0) is 9.53 Å². The van der Waals surface area contributed by atoms with Gasteiger partial charge in [0, 0.05) is 30.5 Å². The Morgan fingerprint density at radius 1 is 1.03 bits per heavy atom. The van der Waals surface area contributed by atoms with Crippen molar-refractivity contribution in [2.45, 2.75) is 57.4 Å². The molecule has 0 unspecified atom stereocenters. The second-order valence-corrected chi connectivity index (χ2v) is 10.1. The maximum absolute atomic E-state index is 12.7. The van der Waals surface area contributed by atoms with Crippen molar-refractivity contribution >= 4 is 23.4 Å². The Labute approximate surface area is 219 Å². The van der Waals surface area contributed by atoms with E-state index in [-0.39, 0.29) is 24.0 Å². The average Bonchev–Trinajstić information content (AvgIpc) is 2.94. The fraction of sp³-hybridized carbons (Fsp3) is 0.433. The zero-order chi connectivity index (χ0) is 26.4. The number of ether oxygens (including phenoxy) is 1. The van der Waals surface area contributed by atoms with E-state index < -0.39 is 0 Å². The van der Waals surface area contributed by atoms with Crippen LogP contribution in [0.3, 0.4) is 0 Å². The van der Waals surface area contributed by atoms with Gasteiger partial charge in [-0.1, -0.05) is 30.8 Å². The summed E-state index contributed by atoms with van der Waals surface area (Å²) in [5.74, 6) is 0.262. The molecule has 0 bridgehead atoms. The minimum atomic E-state index is -0.226. The minimum Gasteiger partial charge on any atom is -0.469 e. The number of nitrogens with one attached hydrogen (secondary N) is 2. The second kappa shape index (κ2) is 12.0. The van der Waals surface area contributed by atoms with Crippen LogP contribution in [0.1, 0.15) is 66.7 Å². The molecule has 7 heteroatoms. The number of benzene rings is 2. The van der Waals surface area contributed by atoms with Crippen LogP contribution in [-0.4, -0.2) is 43.1 Å². The number of nitriles is 1. The van der Waals surface area contributed by atoms with Gasteiger partial charge in [-0.15, -0.1) is 0 Å². The highest BCUT2D eigenvalue weighted by atomic mass is 16.5. The van der Waals surface area contributed by atoms with Crippen LogP contribution < -0.4 is 10.6 Å². The molecule has 7 nitrogen and oxygen atoms in total. The summed E-state index contributed by atoms with van der Waals surface area (Å²) >= 11 is 0. The van der Waals surface area contributed by atoms with E-state index in [2.05, 4.69) is 46.4 Å². The molecular weight excluding hydrogens is 464 g/mol. The van der Waals surface area contributed by atoms with Gasteiger partial charge in [-0.2, -0.15) is 5.26 Å². The summed E-state index contributed by atoms with van der Waals surface area (Å²) in [5, 5.41) is 15.1. The first kappa shape index (κ1) is 26.3. The van der Waals surface area contributed by atoms with E-state index in [0.29, 0.717) is 11.5 Å². The van der Waals surface area contributed by atoms with Crippen molar-refractivity contribution < 1.29 is 14.3 Å². The maximum atomic E-state index is 12.7. The van der Waals surface area contributed by atoms with Crippen LogP contribution >= 0.6 is 0 Å². The minimum absolute atomic E-state index is 0.0526. The first-order valence-electron chi connectivity index (χ1n) is 13.1. The van der Waals surface area contributed by atoms with Crippen LogP contribution in [0, 0.1) is 24.2 Å². The zero-order valence-corrected chi connectivity index (χ0v) is 21.8. The lowest BCUT2D eigenvalue weighted by Crippen LogP contribution is -2.41. The number of anilines is 1. The van der Waals surface area contributed by atoms with Crippen LogP contribution in [0.2, 0.25) is 0 Å². The highest BCUT2D eigenvalue weighted by Gasteiger charge is 2.28. The number of urea groups is 1. The van der Waals surface area contributed by atoms with Gasteiger partial charge in [0.1, 0.15) is 0 Å². The van der Waals surface area contributed by atoms with E-state index in [1.807, 2.05) is 31.2 Å². The molecule has 0 atom stereocenters. The quantitative estimate of drug-likeness (QED) is 0.506. The number of likely N-dealkylation sites (tertiary alicyclic amines) is 1. The van der Waals surface area contributed by atoms with E-state index in [4.69, 9.17) is 10.00 Å². The lowest BCUT2D eigenvalue weighted by Gasteiger charge is -2.35. The molecule has 37 heavy (non-hydrogen) atoms. The summed E-state index contributed by atoms with van der Waals surface area (Å²) in [4.78, 5) is 26.8. The molecule has 2 aromatic rings. The number of aryl methyl sites for hydroxylation is 1.